The summed E-state index contributed by atoms with van der Waals surface area (Å²) in [5, 5.41) is 0. The molecule has 1 amide bonds. The number of hydrogen-bond donors (Lipinski definition) is 0. The van der Waals surface area contributed by atoms with Gasteiger partial charge in [-0.2, -0.15) is 4.73 Å². The molecule has 0 atom stereocenters. The van der Waals surface area contributed by atoms with Crippen LogP contribution in [0.2, 0.25) is 0 Å². The molecule has 0 spiro atoms. The lowest BCUT2D eigenvalue weighted by atomic mass is 10.1. The van der Waals surface area contributed by atoms with E-state index in [1.807, 2.05) is 0 Å². The fraction of sp³-hybridized carbons (Fsp3) is 0.333. The smallest absolute Gasteiger partial charge is 0.315 e. The van der Waals surface area contributed by atoms with Crippen LogP contribution < -0.4 is 4.84 Å². The number of amides is 1. The highest BCUT2D eigenvalue weighted by molar-refractivity contribution is 5.68. The summed E-state index contributed by atoms with van der Waals surface area (Å²) in [6.07, 6.45) is 5.89. The third kappa shape index (κ3) is 3.04. The molecule has 1 fully saturated rings. The van der Waals surface area contributed by atoms with Crippen LogP contribution in [0.25, 0.3) is 11.4 Å². The summed E-state index contributed by atoms with van der Waals surface area (Å²) in [5.41, 5.74) is 0.688. The number of carbonyl (C=O) groups is 1. The molecule has 0 bridgehead atoms. The zero-order chi connectivity index (χ0) is 14.7. The van der Waals surface area contributed by atoms with Crippen LogP contribution in [0.4, 0.5) is 9.18 Å². The van der Waals surface area contributed by atoms with E-state index in [2.05, 4.69) is 4.98 Å². The number of likely N-dealkylation sites (tertiary alicyclic amines) is 1. The van der Waals surface area contributed by atoms with Crippen molar-refractivity contribution < 1.29 is 14.0 Å². The number of aromatic nitrogens is 2. The molecule has 1 aliphatic heterocycles. The van der Waals surface area contributed by atoms with Crippen molar-refractivity contribution in [1.82, 2.24) is 14.6 Å². The van der Waals surface area contributed by atoms with E-state index in [-0.39, 0.29) is 11.9 Å². The van der Waals surface area contributed by atoms with Gasteiger partial charge in [-0.15, -0.1) is 0 Å². The fourth-order valence-electron chi connectivity index (χ4n) is 2.38. The predicted molar refractivity (Wildman–Crippen MR) is 75.0 cm³/mol. The van der Waals surface area contributed by atoms with E-state index in [1.165, 1.54) is 16.9 Å². The Hall–Kier alpha value is -2.37. The highest BCUT2D eigenvalue weighted by Gasteiger charge is 2.20. The summed E-state index contributed by atoms with van der Waals surface area (Å²) in [6.45, 7) is 1.44. The second-order valence-electron chi connectivity index (χ2n) is 4.99. The minimum Gasteiger partial charge on any atom is -0.315 e. The van der Waals surface area contributed by atoms with Gasteiger partial charge < -0.3 is 9.74 Å². The standard InChI is InChI=1S/C15H16FN3O2/c16-13-6-4-12(5-7-13)14-17-8-11-19(14)21-15(20)18-9-2-1-3-10-18/h4-8,11H,1-3,9-10H2. The van der Waals surface area contributed by atoms with Crippen LogP contribution in [-0.2, 0) is 0 Å². The molecule has 2 aromatic rings. The van der Waals surface area contributed by atoms with E-state index in [4.69, 9.17) is 4.84 Å². The van der Waals surface area contributed by atoms with Crippen LogP contribution in [0, 0.1) is 5.82 Å². The van der Waals surface area contributed by atoms with Gasteiger partial charge in [-0.25, -0.2) is 14.2 Å². The number of piperidine rings is 1. The molecule has 110 valence electrons. The van der Waals surface area contributed by atoms with Crippen molar-refractivity contribution in [3.05, 3.63) is 42.5 Å². The van der Waals surface area contributed by atoms with E-state index in [1.54, 1.807) is 29.4 Å². The molecule has 0 radical (unpaired) electrons. The number of hydrogen-bond acceptors (Lipinski definition) is 3. The van der Waals surface area contributed by atoms with Gasteiger partial charge in [0, 0.05) is 24.8 Å². The van der Waals surface area contributed by atoms with E-state index < -0.39 is 0 Å². The summed E-state index contributed by atoms with van der Waals surface area (Å²) in [7, 11) is 0. The van der Waals surface area contributed by atoms with Crippen LogP contribution in [-0.4, -0.2) is 33.8 Å². The third-order valence-corrected chi connectivity index (χ3v) is 3.50. The Morgan fingerprint density at radius 2 is 1.86 bits per heavy atom. The number of imidazole rings is 1. The first-order valence-corrected chi connectivity index (χ1v) is 7.00. The Morgan fingerprint density at radius 3 is 2.57 bits per heavy atom. The first-order valence-electron chi connectivity index (χ1n) is 7.00. The molecule has 6 heteroatoms. The van der Waals surface area contributed by atoms with Crippen molar-refractivity contribution in [2.24, 2.45) is 0 Å². The monoisotopic (exact) mass is 289 g/mol. The zero-order valence-corrected chi connectivity index (χ0v) is 11.5. The number of carbonyl (C=O) groups excluding carboxylic acids is 1. The van der Waals surface area contributed by atoms with E-state index in [0.717, 1.165) is 32.4 Å². The van der Waals surface area contributed by atoms with Gasteiger partial charge in [0.2, 0.25) is 0 Å². The van der Waals surface area contributed by atoms with Crippen molar-refractivity contribution in [3.8, 4) is 11.4 Å². The molecular formula is C15H16FN3O2. The lowest BCUT2D eigenvalue weighted by Gasteiger charge is -2.25. The highest BCUT2D eigenvalue weighted by Crippen LogP contribution is 2.17. The maximum absolute atomic E-state index is 13.0. The van der Waals surface area contributed by atoms with E-state index in [0.29, 0.717) is 11.4 Å². The van der Waals surface area contributed by atoms with Gasteiger partial charge in [0.25, 0.3) is 0 Å². The molecule has 0 unspecified atom stereocenters. The van der Waals surface area contributed by atoms with Crippen molar-refractivity contribution in [2.45, 2.75) is 19.3 Å². The minimum absolute atomic E-state index is 0.317. The average Bonchev–Trinajstić information content (AvgIpc) is 2.97. The zero-order valence-electron chi connectivity index (χ0n) is 11.5. The first-order chi connectivity index (χ1) is 10.2. The first kappa shape index (κ1) is 13.6. The van der Waals surface area contributed by atoms with E-state index >= 15 is 0 Å². The molecule has 0 N–H and O–H groups in total. The van der Waals surface area contributed by atoms with Gasteiger partial charge in [-0.3, -0.25) is 0 Å². The average molecular weight is 289 g/mol. The van der Waals surface area contributed by atoms with Gasteiger partial charge in [0.05, 0.1) is 6.20 Å². The van der Waals surface area contributed by atoms with Crippen molar-refractivity contribution in [3.63, 3.8) is 0 Å². The topological polar surface area (TPSA) is 47.4 Å². The van der Waals surface area contributed by atoms with Crippen LogP contribution in [0.3, 0.4) is 0 Å². The minimum atomic E-state index is -0.379. The highest BCUT2D eigenvalue weighted by atomic mass is 19.1. The van der Waals surface area contributed by atoms with Crippen molar-refractivity contribution in [1.29, 1.82) is 0 Å². The van der Waals surface area contributed by atoms with Crippen molar-refractivity contribution >= 4 is 6.09 Å². The SMILES string of the molecule is O=C(On1ccnc1-c1ccc(F)cc1)N1CCCCC1. The molecule has 1 aliphatic rings. The van der Waals surface area contributed by atoms with Crippen LogP contribution in [0.15, 0.2) is 36.7 Å². The van der Waals surface area contributed by atoms with Crippen LogP contribution in [0.5, 0.6) is 0 Å². The fourth-order valence-corrected chi connectivity index (χ4v) is 2.38. The molecular weight excluding hydrogens is 273 g/mol. The predicted octanol–water partition coefficient (Wildman–Crippen LogP) is 2.72. The number of nitrogens with zero attached hydrogens (tertiary/aromatic N) is 3. The Kier molecular flexibility index (Phi) is 3.85. The normalized spacial score (nSPS) is 15.0. The number of rotatable bonds is 2. The van der Waals surface area contributed by atoms with E-state index in [9.17, 15) is 9.18 Å². The summed E-state index contributed by atoms with van der Waals surface area (Å²) in [6, 6.07) is 5.90. The molecule has 3 rings (SSSR count). The molecule has 1 saturated heterocycles. The summed E-state index contributed by atoms with van der Waals surface area (Å²) in [4.78, 5) is 23.3. The molecule has 1 aromatic carbocycles. The van der Waals surface area contributed by atoms with Gasteiger partial charge in [-0.1, -0.05) is 0 Å². The second-order valence-corrected chi connectivity index (χ2v) is 4.99. The van der Waals surface area contributed by atoms with Gasteiger partial charge in [-0.05, 0) is 43.5 Å². The molecule has 5 nitrogen and oxygen atoms in total. The summed E-state index contributed by atoms with van der Waals surface area (Å²) >= 11 is 0. The third-order valence-electron chi connectivity index (χ3n) is 3.50. The van der Waals surface area contributed by atoms with Gasteiger partial charge in [0.1, 0.15) is 5.82 Å². The molecule has 1 aromatic heterocycles. The van der Waals surface area contributed by atoms with Crippen LogP contribution >= 0.6 is 0 Å². The summed E-state index contributed by atoms with van der Waals surface area (Å²) in [5.74, 6) is 0.155. The Bertz CT molecular complexity index is 618. The Balaban J connectivity index is 1.76. The maximum Gasteiger partial charge on any atom is 0.434 e. The Labute approximate surface area is 121 Å². The number of halogens is 1. The number of benzene rings is 1. The largest absolute Gasteiger partial charge is 0.434 e. The summed E-state index contributed by atoms with van der Waals surface area (Å²) < 4.78 is 14.3. The molecule has 21 heavy (non-hydrogen) atoms. The molecule has 2 heterocycles. The molecule has 0 saturated carbocycles. The Morgan fingerprint density at radius 1 is 1.14 bits per heavy atom. The van der Waals surface area contributed by atoms with Gasteiger partial charge >= 0.3 is 6.09 Å². The molecule has 0 aliphatic carbocycles. The van der Waals surface area contributed by atoms with Crippen LogP contribution in [0.1, 0.15) is 19.3 Å². The maximum atomic E-state index is 13.0. The lowest BCUT2D eigenvalue weighted by molar-refractivity contribution is 0.0873. The van der Waals surface area contributed by atoms with Gasteiger partial charge in [0.15, 0.2) is 5.82 Å². The lowest BCUT2D eigenvalue weighted by Crippen LogP contribution is -2.40. The quantitative estimate of drug-likeness (QED) is 0.854. The second kappa shape index (κ2) is 5.95. The van der Waals surface area contributed by atoms with Crippen molar-refractivity contribution in [2.75, 3.05) is 13.1 Å².